The van der Waals surface area contributed by atoms with Crippen molar-refractivity contribution in [1.29, 1.82) is 0 Å². The Bertz CT molecular complexity index is 792. The molecule has 4 rings (SSSR count). The van der Waals surface area contributed by atoms with Gasteiger partial charge in [-0.1, -0.05) is 25.3 Å². The number of pyridine rings is 1. The Morgan fingerprint density at radius 2 is 2.08 bits per heavy atom. The zero-order valence-electron chi connectivity index (χ0n) is 14.2. The van der Waals surface area contributed by atoms with Crippen LogP contribution in [-0.2, 0) is 0 Å². The maximum absolute atomic E-state index is 12.6. The molecule has 24 heavy (non-hydrogen) atoms. The van der Waals surface area contributed by atoms with Gasteiger partial charge in [-0.3, -0.25) is 9.20 Å². The summed E-state index contributed by atoms with van der Waals surface area (Å²) < 4.78 is 1.82. The van der Waals surface area contributed by atoms with Crippen molar-refractivity contribution in [2.24, 2.45) is 16.9 Å². The van der Waals surface area contributed by atoms with E-state index >= 15 is 0 Å². The van der Waals surface area contributed by atoms with E-state index in [1.54, 1.807) is 0 Å². The Balaban J connectivity index is 1.49. The minimum atomic E-state index is -0.176. The highest BCUT2D eigenvalue weighted by molar-refractivity contribution is 5.96. The predicted molar refractivity (Wildman–Crippen MR) is 94.1 cm³/mol. The van der Waals surface area contributed by atoms with Crippen LogP contribution in [0.25, 0.3) is 5.65 Å². The number of imidazole rings is 1. The summed E-state index contributed by atoms with van der Waals surface area (Å²) in [5.41, 5.74) is 6.01. The Morgan fingerprint density at radius 1 is 1.25 bits per heavy atom. The lowest BCUT2D eigenvalue weighted by Crippen LogP contribution is -2.30. The highest BCUT2D eigenvalue weighted by Crippen LogP contribution is 2.39. The lowest BCUT2D eigenvalue weighted by Gasteiger charge is -2.35. The summed E-state index contributed by atoms with van der Waals surface area (Å²) in [5.74, 6) is 1.49. The molecule has 0 radical (unpaired) electrons. The van der Waals surface area contributed by atoms with Crippen molar-refractivity contribution in [3.63, 3.8) is 0 Å². The Kier molecular flexibility index (Phi) is 4.08. The van der Waals surface area contributed by atoms with Crippen LogP contribution < -0.4 is 5.43 Å². The van der Waals surface area contributed by atoms with Crippen molar-refractivity contribution in [2.45, 2.75) is 51.9 Å². The third kappa shape index (κ3) is 2.83. The summed E-state index contributed by atoms with van der Waals surface area (Å²) in [4.78, 5) is 17.0. The van der Waals surface area contributed by atoms with E-state index in [0.29, 0.717) is 5.69 Å². The van der Waals surface area contributed by atoms with Gasteiger partial charge in [-0.15, -0.1) is 0 Å². The first kappa shape index (κ1) is 15.4. The molecule has 0 spiro atoms. The van der Waals surface area contributed by atoms with Crippen LogP contribution in [0.15, 0.2) is 29.5 Å². The van der Waals surface area contributed by atoms with Crippen LogP contribution in [0.3, 0.4) is 0 Å². The molecule has 5 heteroatoms. The van der Waals surface area contributed by atoms with Crippen LogP contribution in [0.1, 0.15) is 61.1 Å². The van der Waals surface area contributed by atoms with Gasteiger partial charge in [0.2, 0.25) is 0 Å². The number of hydrogen-bond donors (Lipinski definition) is 1. The number of hydrogen-bond acceptors (Lipinski definition) is 3. The van der Waals surface area contributed by atoms with Crippen molar-refractivity contribution in [3.05, 3.63) is 35.8 Å². The molecule has 1 amide bonds. The van der Waals surface area contributed by atoms with Crippen LogP contribution in [-0.4, -0.2) is 21.0 Å². The maximum Gasteiger partial charge on any atom is 0.290 e. The fourth-order valence-electron chi connectivity index (χ4n) is 4.36. The lowest BCUT2D eigenvalue weighted by molar-refractivity contribution is 0.0947. The van der Waals surface area contributed by atoms with Gasteiger partial charge < -0.3 is 0 Å². The van der Waals surface area contributed by atoms with E-state index in [0.717, 1.165) is 41.7 Å². The molecular weight excluding hydrogens is 300 g/mol. The van der Waals surface area contributed by atoms with E-state index < -0.39 is 0 Å². The monoisotopic (exact) mass is 324 g/mol. The first-order valence-electron chi connectivity index (χ1n) is 9.02. The molecule has 2 aromatic rings. The Hall–Kier alpha value is -2.17. The second-order valence-corrected chi connectivity index (χ2v) is 7.14. The number of fused-ring (bicyclic) bond motifs is 2. The molecule has 0 bridgehead atoms. The molecule has 0 unspecified atom stereocenters. The van der Waals surface area contributed by atoms with Crippen molar-refractivity contribution in [2.75, 3.05) is 0 Å². The van der Waals surface area contributed by atoms with E-state index in [-0.39, 0.29) is 5.91 Å². The smallest absolute Gasteiger partial charge is 0.290 e. The van der Waals surface area contributed by atoms with Crippen LogP contribution in [0.5, 0.6) is 0 Å². The molecule has 2 atom stereocenters. The number of carbonyl (C=O) groups excluding carboxylic acids is 1. The number of nitrogens with one attached hydrogen (secondary N) is 1. The molecule has 2 aliphatic rings. The van der Waals surface area contributed by atoms with Crippen LogP contribution in [0, 0.1) is 18.8 Å². The summed E-state index contributed by atoms with van der Waals surface area (Å²) >= 11 is 0. The molecule has 126 valence electrons. The molecule has 5 nitrogen and oxygen atoms in total. The molecule has 0 saturated heterocycles. The predicted octanol–water partition coefficient (Wildman–Crippen LogP) is 3.72. The quantitative estimate of drug-likeness (QED) is 0.856. The van der Waals surface area contributed by atoms with E-state index in [9.17, 15) is 4.79 Å². The number of rotatable bonds is 2. The van der Waals surface area contributed by atoms with Gasteiger partial charge in [-0.05, 0) is 56.6 Å². The van der Waals surface area contributed by atoms with Gasteiger partial charge in [0.25, 0.3) is 5.91 Å². The summed E-state index contributed by atoms with van der Waals surface area (Å²) in [6, 6.07) is 5.73. The summed E-state index contributed by atoms with van der Waals surface area (Å²) in [6.45, 7) is 1.86. The van der Waals surface area contributed by atoms with Gasteiger partial charge in [0.15, 0.2) is 0 Å². The van der Waals surface area contributed by atoms with E-state index in [1.165, 1.54) is 32.1 Å². The minimum Gasteiger partial charge on any atom is -0.295 e. The Labute approximate surface area is 142 Å². The van der Waals surface area contributed by atoms with E-state index in [1.807, 2.05) is 35.7 Å². The largest absolute Gasteiger partial charge is 0.295 e. The maximum atomic E-state index is 12.6. The third-order valence-electron chi connectivity index (χ3n) is 5.60. The fraction of sp³-hybridized carbons (Fsp3) is 0.526. The van der Waals surface area contributed by atoms with E-state index in [4.69, 9.17) is 0 Å². The van der Waals surface area contributed by atoms with Crippen molar-refractivity contribution >= 4 is 17.3 Å². The van der Waals surface area contributed by atoms with Crippen molar-refractivity contribution in [1.82, 2.24) is 14.8 Å². The molecule has 2 fully saturated rings. The van der Waals surface area contributed by atoms with Gasteiger partial charge in [0.1, 0.15) is 11.3 Å². The standard InChI is InChI=1S/C19H24N4O/c1-13-18(23-11-5-4-8-17(23)20-13)19(24)22-21-16-10-9-14-6-2-3-7-15(14)12-16/h4-5,8,11,14-15H,2-3,6-7,9-10,12H2,1H3,(H,22,24)/b21-16-/t14-,15+/m1/s1. The number of amides is 1. The molecule has 2 heterocycles. The topological polar surface area (TPSA) is 58.8 Å². The highest BCUT2D eigenvalue weighted by Gasteiger charge is 2.30. The number of hydrazone groups is 1. The van der Waals surface area contributed by atoms with Crippen LogP contribution >= 0.6 is 0 Å². The first-order valence-corrected chi connectivity index (χ1v) is 9.02. The normalized spacial score (nSPS) is 25.6. The van der Waals surface area contributed by atoms with E-state index in [2.05, 4.69) is 15.5 Å². The van der Waals surface area contributed by atoms with Gasteiger partial charge in [-0.2, -0.15) is 5.10 Å². The average molecular weight is 324 g/mol. The summed E-state index contributed by atoms with van der Waals surface area (Å²) in [7, 11) is 0. The molecule has 2 saturated carbocycles. The fourth-order valence-corrected chi connectivity index (χ4v) is 4.36. The molecular formula is C19H24N4O. The summed E-state index contributed by atoms with van der Waals surface area (Å²) in [5, 5.41) is 4.45. The van der Waals surface area contributed by atoms with Crippen LogP contribution in [0.2, 0.25) is 0 Å². The van der Waals surface area contributed by atoms with Gasteiger partial charge in [0.05, 0.1) is 5.69 Å². The third-order valence-corrected chi connectivity index (χ3v) is 5.60. The second-order valence-electron chi connectivity index (χ2n) is 7.14. The number of aryl methyl sites for hydroxylation is 1. The second kappa shape index (κ2) is 6.38. The molecule has 0 aliphatic heterocycles. The lowest BCUT2D eigenvalue weighted by atomic mass is 9.70. The van der Waals surface area contributed by atoms with Gasteiger partial charge in [-0.25, -0.2) is 10.4 Å². The van der Waals surface area contributed by atoms with Crippen LogP contribution in [0.4, 0.5) is 0 Å². The number of aromatic nitrogens is 2. The highest BCUT2D eigenvalue weighted by atomic mass is 16.2. The molecule has 1 N–H and O–H groups in total. The minimum absolute atomic E-state index is 0.176. The van der Waals surface area contributed by atoms with Gasteiger partial charge >= 0.3 is 0 Å². The zero-order valence-corrected chi connectivity index (χ0v) is 14.2. The SMILES string of the molecule is Cc1nc2ccccn2c1C(=O)N/N=C1/CC[C@H]2CCCC[C@H]2C1. The zero-order chi connectivity index (χ0) is 16.5. The van der Waals surface area contributed by atoms with Crippen molar-refractivity contribution in [3.8, 4) is 0 Å². The first-order chi connectivity index (χ1) is 11.7. The molecule has 2 aliphatic carbocycles. The molecule has 0 aromatic carbocycles. The number of nitrogens with zero attached hydrogens (tertiary/aromatic N) is 3. The Morgan fingerprint density at radius 3 is 2.96 bits per heavy atom. The number of carbonyl (C=O) groups is 1. The van der Waals surface area contributed by atoms with Crippen molar-refractivity contribution < 1.29 is 4.79 Å². The van der Waals surface area contributed by atoms with Gasteiger partial charge in [0, 0.05) is 11.9 Å². The summed E-state index contributed by atoms with van der Waals surface area (Å²) in [6.07, 6.45) is 10.6. The molecule has 2 aromatic heterocycles. The average Bonchev–Trinajstić information content (AvgIpc) is 2.95.